The molecule has 0 aromatic carbocycles. The lowest BCUT2D eigenvalue weighted by atomic mass is 10.5. The molecule has 0 saturated heterocycles. The van der Waals surface area contributed by atoms with Gasteiger partial charge < -0.3 is 5.32 Å². The lowest BCUT2D eigenvalue weighted by Crippen LogP contribution is -2.12. The minimum Gasteiger partial charge on any atom is -0.369 e. The minimum absolute atomic E-state index is 0.152. The molecule has 0 bridgehead atoms. The summed E-state index contributed by atoms with van der Waals surface area (Å²) in [5, 5.41) is 14.1. The molecule has 1 N–H and O–H groups in total. The maximum Gasteiger partial charge on any atom is 0.199 e. The molecule has 9 heteroatoms. The Balaban J connectivity index is 1.97. The first-order chi connectivity index (χ1) is 8.06. The molecule has 0 aliphatic carbocycles. The summed E-state index contributed by atoms with van der Waals surface area (Å²) in [6.07, 6.45) is 4.87. The zero-order valence-electron chi connectivity index (χ0n) is 9.24. The number of nitrogens with zero attached hydrogens (tertiary/aromatic N) is 5. The molecule has 0 radical (unpaired) electrons. The Bertz CT molecular complexity index is 607. The van der Waals surface area contributed by atoms with E-state index in [0.717, 1.165) is 0 Å². The molecule has 0 spiro atoms. The number of rotatable bonds is 5. The van der Waals surface area contributed by atoms with Crippen molar-refractivity contribution < 1.29 is 8.42 Å². The average molecular weight is 256 g/mol. The summed E-state index contributed by atoms with van der Waals surface area (Å²) in [5.74, 6) is 0.792. The maximum atomic E-state index is 10.9. The number of sulfone groups is 1. The van der Waals surface area contributed by atoms with Crippen LogP contribution in [0.4, 0.5) is 5.82 Å². The predicted octanol–water partition coefficient (Wildman–Crippen LogP) is -0.634. The van der Waals surface area contributed by atoms with Crippen LogP contribution >= 0.6 is 0 Å². The van der Waals surface area contributed by atoms with Gasteiger partial charge in [-0.05, 0) is 16.8 Å². The SMILES string of the molecule is CS(=O)(=O)CCCNc1cncc2nnnn12. The van der Waals surface area contributed by atoms with Crippen molar-refractivity contribution in [3.63, 3.8) is 0 Å². The molecule has 0 saturated carbocycles. The van der Waals surface area contributed by atoms with Crippen LogP contribution in [0.1, 0.15) is 6.42 Å². The van der Waals surface area contributed by atoms with Crippen LogP contribution in [-0.4, -0.2) is 52.0 Å². The highest BCUT2D eigenvalue weighted by atomic mass is 32.2. The van der Waals surface area contributed by atoms with Crippen molar-refractivity contribution >= 4 is 21.3 Å². The third-order valence-corrected chi connectivity index (χ3v) is 3.14. The van der Waals surface area contributed by atoms with Gasteiger partial charge in [0.25, 0.3) is 0 Å². The highest BCUT2D eigenvalue weighted by Crippen LogP contribution is 2.05. The zero-order valence-corrected chi connectivity index (χ0v) is 10.1. The van der Waals surface area contributed by atoms with E-state index in [1.807, 2.05) is 0 Å². The second kappa shape index (κ2) is 4.62. The van der Waals surface area contributed by atoms with Crippen LogP contribution in [-0.2, 0) is 9.84 Å². The molecule has 2 aromatic heterocycles. The van der Waals surface area contributed by atoms with Gasteiger partial charge in [0.1, 0.15) is 15.7 Å². The summed E-state index contributed by atoms with van der Waals surface area (Å²) in [7, 11) is -2.91. The van der Waals surface area contributed by atoms with E-state index in [1.54, 1.807) is 12.4 Å². The van der Waals surface area contributed by atoms with E-state index in [0.29, 0.717) is 24.4 Å². The number of fused-ring (bicyclic) bond motifs is 1. The van der Waals surface area contributed by atoms with Crippen molar-refractivity contribution in [2.75, 3.05) is 23.9 Å². The van der Waals surface area contributed by atoms with Crippen LogP contribution in [0, 0.1) is 0 Å². The topological polar surface area (TPSA) is 102 Å². The Kier molecular flexibility index (Phi) is 3.18. The van der Waals surface area contributed by atoms with Crippen molar-refractivity contribution in [2.45, 2.75) is 6.42 Å². The smallest absolute Gasteiger partial charge is 0.199 e. The number of tetrazole rings is 1. The molecular weight excluding hydrogens is 244 g/mol. The van der Waals surface area contributed by atoms with Gasteiger partial charge in [-0.15, -0.1) is 5.10 Å². The zero-order chi connectivity index (χ0) is 12.3. The molecule has 2 aromatic rings. The normalized spacial score (nSPS) is 11.8. The third-order valence-electron chi connectivity index (χ3n) is 2.11. The maximum absolute atomic E-state index is 10.9. The van der Waals surface area contributed by atoms with Crippen molar-refractivity contribution in [1.82, 2.24) is 25.0 Å². The van der Waals surface area contributed by atoms with E-state index < -0.39 is 9.84 Å². The summed E-state index contributed by atoms with van der Waals surface area (Å²) in [4.78, 5) is 3.97. The molecule has 0 aliphatic rings. The largest absolute Gasteiger partial charge is 0.369 e. The molecule has 0 fully saturated rings. The third kappa shape index (κ3) is 3.09. The van der Waals surface area contributed by atoms with Crippen LogP contribution in [0.3, 0.4) is 0 Å². The van der Waals surface area contributed by atoms with Gasteiger partial charge in [0.2, 0.25) is 0 Å². The van der Waals surface area contributed by atoms with Crippen molar-refractivity contribution in [3.05, 3.63) is 12.4 Å². The molecular formula is C8H12N6O2S. The van der Waals surface area contributed by atoms with E-state index in [1.165, 1.54) is 10.8 Å². The molecule has 0 unspecified atom stereocenters. The number of hydrogen-bond donors (Lipinski definition) is 1. The van der Waals surface area contributed by atoms with Crippen molar-refractivity contribution in [3.8, 4) is 0 Å². The first-order valence-corrected chi connectivity index (χ1v) is 7.06. The Morgan fingerprint density at radius 2 is 2.24 bits per heavy atom. The number of hydrogen-bond acceptors (Lipinski definition) is 7. The summed E-state index contributed by atoms with van der Waals surface area (Å²) < 4.78 is 23.4. The number of anilines is 1. The second-order valence-corrected chi connectivity index (χ2v) is 5.91. The number of nitrogens with one attached hydrogen (secondary N) is 1. The fourth-order valence-electron chi connectivity index (χ4n) is 1.35. The summed E-state index contributed by atoms with van der Waals surface area (Å²) in [6.45, 7) is 0.522. The lowest BCUT2D eigenvalue weighted by molar-refractivity contribution is 0.600. The van der Waals surface area contributed by atoms with Crippen LogP contribution in [0.5, 0.6) is 0 Å². The number of aromatic nitrogens is 5. The van der Waals surface area contributed by atoms with Gasteiger partial charge in [-0.25, -0.2) is 8.42 Å². The van der Waals surface area contributed by atoms with Crippen LogP contribution in [0.15, 0.2) is 12.4 Å². The van der Waals surface area contributed by atoms with Gasteiger partial charge in [-0.3, -0.25) is 4.98 Å². The van der Waals surface area contributed by atoms with Crippen molar-refractivity contribution in [2.24, 2.45) is 0 Å². The van der Waals surface area contributed by atoms with Gasteiger partial charge >= 0.3 is 0 Å². The Morgan fingerprint density at radius 1 is 1.41 bits per heavy atom. The van der Waals surface area contributed by atoms with Gasteiger partial charge in [0, 0.05) is 12.8 Å². The molecule has 0 atom stereocenters. The molecule has 8 nitrogen and oxygen atoms in total. The molecule has 0 aliphatic heterocycles. The van der Waals surface area contributed by atoms with Gasteiger partial charge in [0.15, 0.2) is 5.65 Å². The quantitative estimate of drug-likeness (QED) is 0.710. The Hall–Kier alpha value is -1.77. The standard InChI is InChI=1S/C8H12N6O2S/c1-17(15,16)4-2-3-10-7-5-9-6-8-11-12-13-14(7)8/h5-6,10H,2-4H2,1H3. The average Bonchev–Trinajstić information content (AvgIpc) is 2.71. The van der Waals surface area contributed by atoms with E-state index in [9.17, 15) is 8.42 Å². The Morgan fingerprint density at radius 3 is 3.00 bits per heavy atom. The Labute approximate surface area is 98.0 Å². The second-order valence-electron chi connectivity index (χ2n) is 3.65. The monoisotopic (exact) mass is 256 g/mol. The van der Waals surface area contributed by atoms with Crippen molar-refractivity contribution in [1.29, 1.82) is 0 Å². The van der Waals surface area contributed by atoms with Gasteiger partial charge in [-0.2, -0.15) is 4.52 Å². The van der Waals surface area contributed by atoms with E-state index in [4.69, 9.17) is 0 Å². The fourth-order valence-corrected chi connectivity index (χ4v) is 2.02. The van der Waals surface area contributed by atoms with Gasteiger partial charge in [-0.1, -0.05) is 0 Å². The van der Waals surface area contributed by atoms with E-state index in [-0.39, 0.29) is 5.75 Å². The molecule has 2 rings (SSSR count). The fraction of sp³-hybridized carbons (Fsp3) is 0.500. The van der Waals surface area contributed by atoms with E-state index >= 15 is 0 Å². The minimum atomic E-state index is -2.91. The first-order valence-electron chi connectivity index (χ1n) is 5.00. The van der Waals surface area contributed by atoms with Crippen LogP contribution < -0.4 is 5.32 Å². The van der Waals surface area contributed by atoms with Crippen LogP contribution in [0.2, 0.25) is 0 Å². The van der Waals surface area contributed by atoms with E-state index in [2.05, 4.69) is 25.8 Å². The lowest BCUT2D eigenvalue weighted by Gasteiger charge is -2.05. The first kappa shape index (κ1) is 11.7. The molecule has 2 heterocycles. The van der Waals surface area contributed by atoms with Crippen LogP contribution in [0.25, 0.3) is 5.65 Å². The summed E-state index contributed by atoms with van der Waals surface area (Å²) in [5.41, 5.74) is 0.540. The predicted molar refractivity (Wildman–Crippen MR) is 61.4 cm³/mol. The summed E-state index contributed by atoms with van der Waals surface area (Å²) in [6, 6.07) is 0. The van der Waals surface area contributed by atoms with Gasteiger partial charge in [0.05, 0.1) is 18.1 Å². The highest BCUT2D eigenvalue weighted by molar-refractivity contribution is 7.90. The highest BCUT2D eigenvalue weighted by Gasteiger charge is 2.04. The summed E-state index contributed by atoms with van der Waals surface area (Å²) >= 11 is 0. The molecule has 92 valence electrons. The molecule has 0 amide bonds. The molecule has 17 heavy (non-hydrogen) atoms.